The van der Waals surface area contributed by atoms with Crippen LogP contribution in [0.3, 0.4) is 0 Å². The number of carbonyl (C=O) groups excluding carboxylic acids is 2. The van der Waals surface area contributed by atoms with Gasteiger partial charge >= 0.3 is 5.97 Å². The Hall–Kier alpha value is -1.06. The molecule has 1 aliphatic rings. The number of carbonyl (C=O) groups is 2. The van der Waals surface area contributed by atoms with Gasteiger partial charge in [0, 0.05) is 13.6 Å². The van der Waals surface area contributed by atoms with Crippen LogP contribution in [0.1, 0.15) is 33.6 Å². The van der Waals surface area contributed by atoms with E-state index in [4.69, 9.17) is 4.74 Å². The summed E-state index contributed by atoms with van der Waals surface area (Å²) in [5.74, 6) is -1.10. The normalized spacial score (nSPS) is 22.8. The number of ether oxygens (including phenoxy) is 1. The zero-order valence-corrected chi connectivity index (χ0v) is 9.87. The molecule has 0 radical (unpaired) electrons. The fourth-order valence-electron chi connectivity index (χ4n) is 1.62. The minimum atomic E-state index is -0.594. The number of rotatable bonds is 1. The first kappa shape index (κ1) is 12.0. The van der Waals surface area contributed by atoms with Crippen LogP contribution >= 0.6 is 0 Å². The molecule has 4 nitrogen and oxygen atoms in total. The smallest absolute Gasteiger partial charge is 0.319 e. The van der Waals surface area contributed by atoms with Gasteiger partial charge < -0.3 is 9.64 Å². The van der Waals surface area contributed by atoms with Crippen molar-refractivity contribution in [1.82, 2.24) is 4.90 Å². The number of hydrogen-bond donors (Lipinski definition) is 0. The Morgan fingerprint density at radius 2 is 2.07 bits per heavy atom. The molecule has 15 heavy (non-hydrogen) atoms. The van der Waals surface area contributed by atoms with Gasteiger partial charge in [-0.15, -0.1) is 0 Å². The van der Waals surface area contributed by atoms with Gasteiger partial charge in [-0.3, -0.25) is 9.59 Å². The molecule has 86 valence electrons. The molecule has 0 bridgehead atoms. The molecule has 0 aromatic heterocycles. The van der Waals surface area contributed by atoms with Crippen molar-refractivity contribution in [1.29, 1.82) is 0 Å². The Bertz CT molecular complexity index is 267. The van der Waals surface area contributed by atoms with Crippen LogP contribution in [0.4, 0.5) is 0 Å². The Kier molecular flexibility index (Phi) is 3.37. The van der Waals surface area contributed by atoms with Crippen LogP contribution in [0.2, 0.25) is 0 Å². The Morgan fingerprint density at radius 3 is 2.60 bits per heavy atom. The van der Waals surface area contributed by atoms with Crippen LogP contribution < -0.4 is 0 Å². The largest absolute Gasteiger partial charge is 0.459 e. The minimum Gasteiger partial charge on any atom is -0.459 e. The average Bonchev–Trinajstić information content (AvgIpc) is 2.06. The molecule has 0 aromatic rings. The predicted molar refractivity (Wildman–Crippen MR) is 56.2 cm³/mol. The van der Waals surface area contributed by atoms with Gasteiger partial charge in [-0.1, -0.05) is 0 Å². The number of amides is 1. The van der Waals surface area contributed by atoms with E-state index < -0.39 is 11.5 Å². The van der Waals surface area contributed by atoms with Gasteiger partial charge in [0.25, 0.3) is 0 Å². The molecule has 0 aromatic carbocycles. The molecule has 1 atom stereocenters. The van der Waals surface area contributed by atoms with Gasteiger partial charge in [0.1, 0.15) is 11.5 Å². The molecule has 1 saturated heterocycles. The van der Waals surface area contributed by atoms with Crippen molar-refractivity contribution in [2.24, 2.45) is 5.92 Å². The van der Waals surface area contributed by atoms with Crippen LogP contribution in [0, 0.1) is 5.92 Å². The van der Waals surface area contributed by atoms with E-state index in [1.165, 1.54) is 0 Å². The van der Waals surface area contributed by atoms with Gasteiger partial charge in [-0.05, 0) is 33.6 Å². The predicted octanol–water partition coefficient (Wildman–Crippen LogP) is 1.20. The third kappa shape index (κ3) is 3.22. The molecule has 0 unspecified atom stereocenters. The van der Waals surface area contributed by atoms with Gasteiger partial charge in [-0.2, -0.15) is 0 Å². The molecular formula is C11H19NO3. The van der Waals surface area contributed by atoms with Gasteiger partial charge in [-0.25, -0.2) is 0 Å². The van der Waals surface area contributed by atoms with E-state index in [2.05, 4.69) is 0 Å². The van der Waals surface area contributed by atoms with E-state index in [0.717, 1.165) is 13.0 Å². The Balaban J connectivity index is 2.63. The molecule has 1 aliphatic heterocycles. The van der Waals surface area contributed by atoms with Crippen LogP contribution in [-0.4, -0.2) is 36.0 Å². The molecule has 0 saturated carbocycles. The highest BCUT2D eigenvalue weighted by atomic mass is 16.6. The highest BCUT2D eigenvalue weighted by Gasteiger charge is 2.35. The van der Waals surface area contributed by atoms with Crippen molar-refractivity contribution in [2.45, 2.75) is 39.2 Å². The Labute approximate surface area is 90.6 Å². The molecular weight excluding hydrogens is 194 g/mol. The summed E-state index contributed by atoms with van der Waals surface area (Å²) in [6, 6.07) is 0. The second-order valence-corrected chi connectivity index (χ2v) is 4.99. The first-order valence-electron chi connectivity index (χ1n) is 5.29. The first-order valence-corrected chi connectivity index (χ1v) is 5.29. The summed E-state index contributed by atoms with van der Waals surface area (Å²) in [4.78, 5) is 25.0. The van der Waals surface area contributed by atoms with Crippen LogP contribution in [-0.2, 0) is 14.3 Å². The zero-order valence-electron chi connectivity index (χ0n) is 9.87. The van der Waals surface area contributed by atoms with Crippen molar-refractivity contribution in [3.8, 4) is 0 Å². The number of likely N-dealkylation sites (tertiary alicyclic amines) is 1. The fraction of sp³-hybridized carbons (Fsp3) is 0.818. The number of hydrogen-bond acceptors (Lipinski definition) is 3. The molecule has 1 rings (SSSR count). The summed E-state index contributed by atoms with van der Waals surface area (Å²) in [6.07, 6.45) is 1.48. The van der Waals surface area contributed by atoms with Gasteiger partial charge in [0.2, 0.25) is 5.91 Å². The van der Waals surface area contributed by atoms with Crippen molar-refractivity contribution in [3.05, 3.63) is 0 Å². The van der Waals surface area contributed by atoms with E-state index in [9.17, 15) is 9.59 Å². The standard InChI is InChI=1S/C11H19NO3/c1-11(2,3)15-10(14)8-6-5-7-12(4)9(8)13/h8H,5-7H2,1-4H3/t8-/m0/s1. The van der Waals surface area contributed by atoms with Gasteiger partial charge in [0.05, 0.1) is 0 Å². The molecule has 0 N–H and O–H groups in total. The molecule has 4 heteroatoms. The maximum absolute atomic E-state index is 11.7. The van der Waals surface area contributed by atoms with E-state index in [0.29, 0.717) is 6.42 Å². The lowest BCUT2D eigenvalue weighted by atomic mass is 9.97. The minimum absolute atomic E-state index is 0.115. The van der Waals surface area contributed by atoms with Crippen molar-refractivity contribution in [2.75, 3.05) is 13.6 Å². The van der Waals surface area contributed by atoms with E-state index in [1.54, 1.807) is 11.9 Å². The lowest BCUT2D eigenvalue weighted by Gasteiger charge is -2.30. The monoisotopic (exact) mass is 213 g/mol. The molecule has 1 amide bonds. The van der Waals surface area contributed by atoms with Crippen LogP contribution in [0.5, 0.6) is 0 Å². The highest BCUT2D eigenvalue weighted by Crippen LogP contribution is 2.20. The second-order valence-electron chi connectivity index (χ2n) is 4.99. The quantitative estimate of drug-likeness (QED) is 0.485. The summed E-state index contributed by atoms with van der Waals surface area (Å²) in [6.45, 7) is 6.16. The molecule has 0 aliphatic carbocycles. The molecule has 1 heterocycles. The lowest BCUT2D eigenvalue weighted by Crippen LogP contribution is -2.43. The number of nitrogens with zero attached hydrogens (tertiary/aromatic N) is 1. The molecule has 0 spiro atoms. The maximum Gasteiger partial charge on any atom is 0.319 e. The topological polar surface area (TPSA) is 46.6 Å². The van der Waals surface area contributed by atoms with E-state index in [1.807, 2.05) is 20.8 Å². The zero-order chi connectivity index (χ0) is 11.6. The average molecular weight is 213 g/mol. The summed E-state index contributed by atoms with van der Waals surface area (Å²) < 4.78 is 5.21. The number of piperidine rings is 1. The van der Waals surface area contributed by atoms with Crippen molar-refractivity contribution in [3.63, 3.8) is 0 Å². The second kappa shape index (κ2) is 4.21. The summed E-state index contributed by atoms with van der Waals surface area (Å²) in [5, 5.41) is 0. The summed E-state index contributed by atoms with van der Waals surface area (Å²) in [7, 11) is 1.72. The fourth-order valence-corrected chi connectivity index (χ4v) is 1.62. The Morgan fingerprint density at radius 1 is 1.47 bits per heavy atom. The van der Waals surface area contributed by atoms with E-state index >= 15 is 0 Å². The maximum atomic E-state index is 11.7. The summed E-state index contributed by atoms with van der Waals surface area (Å²) in [5.41, 5.74) is -0.520. The first-order chi connectivity index (χ1) is 6.81. The van der Waals surface area contributed by atoms with Crippen molar-refractivity contribution < 1.29 is 14.3 Å². The van der Waals surface area contributed by atoms with E-state index in [-0.39, 0.29) is 11.9 Å². The third-order valence-electron chi connectivity index (χ3n) is 2.35. The van der Waals surface area contributed by atoms with Crippen LogP contribution in [0.25, 0.3) is 0 Å². The molecule has 1 fully saturated rings. The third-order valence-corrected chi connectivity index (χ3v) is 2.35. The summed E-state index contributed by atoms with van der Waals surface area (Å²) >= 11 is 0. The van der Waals surface area contributed by atoms with Gasteiger partial charge in [0.15, 0.2) is 0 Å². The lowest BCUT2D eigenvalue weighted by molar-refractivity contribution is -0.166. The number of esters is 1. The van der Waals surface area contributed by atoms with Crippen LogP contribution in [0.15, 0.2) is 0 Å². The SMILES string of the molecule is CN1CCC[C@H](C(=O)OC(C)(C)C)C1=O. The van der Waals surface area contributed by atoms with Crippen molar-refractivity contribution >= 4 is 11.9 Å². The highest BCUT2D eigenvalue weighted by molar-refractivity contribution is 5.98.